The summed E-state index contributed by atoms with van der Waals surface area (Å²) in [5.41, 5.74) is 0.954. The van der Waals surface area contributed by atoms with Crippen molar-refractivity contribution in [3.05, 3.63) is 88.2 Å². The first-order chi connectivity index (χ1) is 17.8. The van der Waals surface area contributed by atoms with Crippen molar-refractivity contribution in [3.63, 3.8) is 0 Å². The van der Waals surface area contributed by atoms with Crippen LogP contribution in [0, 0.1) is 0 Å². The summed E-state index contributed by atoms with van der Waals surface area (Å²) in [5, 5.41) is 3.23. The number of methoxy groups -OCH3 is 1. The van der Waals surface area contributed by atoms with Crippen LogP contribution < -0.4 is 25.1 Å². The SMILES string of the molecule is COc1cccc(-c2c(C(=O)NCc3ccccc3OC(F)(F)F)c(=O)n3c4c(cccc24)OCC3)c1. The highest BCUT2D eigenvalue weighted by Crippen LogP contribution is 2.37. The molecule has 1 amide bonds. The van der Waals surface area contributed by atoms with Gasteiger partial charge in [-0.25, -0.2) is 0 Å². The number of nitrogens with one attached hydrogen (secondary N) is 1. The van der Waals surface area contributed by atoms with Crippen LogP contribution in [0.25, 0.3) is 22.0 Å². The van der Waals surface area contributed by atoms with E-state index >= 15 is 0 Å². The summed E-state index contributed by atoms with van der Waals surface area (Å²) in [6, 6.07) is 17.8. The van der Waals surface area contributed by atoms with Gasteiger partial charge in [-0.15, -0.1) is 13.2 Å². The number of pyridine rings is 1. The van der Waals surface area contributed by atoms with Crippen molar-refractivity contribution in [1.29, 1.82) is 0 Å². The van der Waals surface area contributed by atoms with Crippen LogP contribution in [0.15, 0.2) is 71.5 Å². The molecule has 1 aromatic heterocycles. The van der Waals surface area contributed by atoms with Gasteiger partial charge in [-0.3, -0.25) is 9.59 Å². The van der Waals surface area contributed by atoms with Gasteiger partial charge in [0.2, 0.25) is 0 Å². The van der Waals surface area contributed by atoms with Crippen LogP contribution in [-0.4, -0.2) is 30.6 Å². The number of nitrogens with zero attached hydrogens (tertiary/aromatic N) is 1. The Hall–Kier alpha value is -4.47. The maximum atomic E-state index is 13.7. The lowest BCUT2D eigenvalue weighted by Crippen LogP contribution is -2.36. The van der Waals surface area contributed by atoms with Crippen LogP contribution in [0.5, 0.6) is 17.2 Å². The third-order valence-corrected chi connectivity index (χ3v) is 6.04. The standard InChI is InChI=1S/C27H21F3N2O5/c1-35-18-8-4-7-16(14-18)22-19-9-5-11-21-24(19)32(12-13-36-21)26(34)23(22)25(33)31-15-17-6-2-3-10-20(17)37-27(28,29)30/h2-11,14H,12-13,15H2,1H3,(H,31,33). The van der Waals surface area contributed by atoms with Gasteiger partial charge in [0.05, 0.1) is 19.2 Å². The molecule has 1 aliphatic heterocycles. The molecule has 4 aromatic rings. The van der Waals surface area contributed by atoms with Crippen LogP contribution in [0.1, 0.15) is 15.9 Å². The molecular weight excluding hydrogens is 489 g/mol. The van der Waals surface area contributed by atoms with Crippen LogP contribution in [-0.2, 0) is 13.1 Å². The first-order valence-corrected chi connectivity index (χ1v) is 11.4. The number of halogens is 3. The largest absolute Gasteiger partial charge is 0.573 e. The maximum Gasteiger partial charge on any atom is 0.573 e. The Balaban J connectivity index is 1.63. The Kier molecular flexibility index (Phi) is 6.24. The number of hydrogen-bond acceptors (Lipinski definition) is 5. The van der Waals surface area contributed by atoms with Crippen molar-refractivity contribution >= 4 is 16.8 Å². The monoisotopic (exact) mass is 510 g/mol. The van der Waals surface area contributed by atoms with E-state index in [4.69, 9.17) is 9.47 Å². The third kappa shape index (κ3) is 4.69. The van der Waals surface area contributed by atoms with Crippen molar-refractivity contribution in [2.24, 2.45) is 0 Å². The van der Waals surface area contributed by atoms with Gasteiger partial charge < -0.3 is 24.1 Å². The molecule has 0 aliphatic carbocycles. The van der Waals surface area contributed by atoms with E-state index in [1.54, 1.807) is 42.5 Å². The van der Waals surface area contributed by atoms with Gasteiger partial charge in [0.1, 0.15) is 29.4 Å². The first kappa shape index (κ1) is 24.2. The second-order valence-corrected chi connectivity index (χ2v) is 8.28. The molecule has 0 fully saturated rings. The fraction of sp³-hybridized carbons (Fsp3) is 0.185. The number of ether oxygens (including phenoxy) is 3. The number of benzene rings is 3. The predicted octanol–water partition coefficient (Wildman–Crippen LogP) is 4.90. The molecule has 190 valence electrons. The molecular formula is C27H21F3N2O5. The Bertz CT molecular complexity index is 1560. The van der Waals surface area contributed by atoms with Crippen molar-refractivity contribution in [3.8, 4) is 28.4 Å². The molecule has 3 aromatic carbocycles. The molecule has 10 heteroatoms. The second kappa shape index (κ2) is 9.53. The van der Waals surface area contributed by atoms with E-state index < -0.39 is 23.6 Å². The number of hydrogen-bond donors (Lipinski definition) is 1. The van der Waals surface area contributed by atoms with Crippen molar-refractivity contribution in [2.75, 3.05) is 13.7 Å². The summed E-state index contributed by atoms with van der Waals surface area (Å²) in [7, 11) is 1.51. The summed E-state index contributed by atoms with van der Waals surface area (Å²) in [6.07, 6.45) is -4.89. The van der Waals surface area contributed by atoms with Gasteiger partial charge in [-0.1, -0.05) is 42.5 Å². The van der Waals surface area contributed by atoms with Gasteiger partial charge in [-0.2, -0.15) is 0 Å². The molecule has 0 atom stereocenters. The molecule has 5 rings (SSSR count). The molecule has 0 bridgehead atoms. The zero-order valence-electron chi connectivity index (χ0n) is 19.6. The van der Waals surface area contributed by atoms with E-state index in [-0.39, 0.29) is 30.8 Å². The molecule has 7 nitrogen and oxygen atoms in total. The average molecular weight is 510 g/mol. The lowest BCUT2D eigenvalue weighted by molar-refractivity contribution is -0.274. The number of rotatable bonds is 6. The van der Waals surface area contributed by atoms with Crippen LogP contribution in [0.2, 0.25) is 0 Å². The summed E-state index contributed by atoms with van der Waals surface area (Å²) < 4.78 is 55.2. The van der Waals surface area contributed by atoms with E-state index in [0.717, 1.165) is 6.07 Å². The van der Waals surface area contributed by atoms with Gasteiger partial charge in [0.15, 0.2) is 0 Å². The Morgan fingerprint density at radius 1 is 1.08 bits per heavy atom. The Morgan fingerprint density at radius 3 is 2.65 bits per heavy atom. The zero-order chi connectivity index (χ0) is 26.2. The summed E-state index contributed by atoms with van der Waals surface area (Å²) in [5.74, 6) is -0.114. The lowest BCUT2D eigenvalue weighted by atomic mass is 9.94. The highest BCUT2D eigenvalue weighted by molar-refractivity contribution is 6.10. The lowest BCUT2D eigenvalue weighted by Gasteiger charge is -2.24. The number of amides is 1. The average Bonchev–Trinajstić information content (AvgIpc) is 2.89. The van der Waals surface area contributed by atoms with Crippen molar-refractivity contribution < 1.29 is 32.2 Å². The molecule has 1 N–H and O–H groups in total. The Morgan fingerprint density at radius 2 is 1.86 bits per heavy atom. The number of para-hydroxylation sites is 2. The van der Waals surface area contributed by atoms with Crippen LogP contribution >= 0.6 is 0 Å². The molecule has 0 saturated heterocycles. The fourth-order valence-electron chi connectivity index (χ4n) is 4.48. The van der Waals surface area contributed by atoms with Gasteiger partial charge >= 0.3 is 6.36 Å². The number of alkyl halides is 3. The van der Waals surface area contributed by atoms with Crippen LogP contribution in [0.4, 0.5) is 13.2 Å². The minimum Gasteiger partial charge on any atom is -0.497 e. The summed E-state index contributed by atoms with van der Waals surface area (Å²) in [4.78, 5) is 27.2. The van der Waals surface area contributed by atoms with E-state index in [0.29, 0.717) is 33.5 Å². The third-order valence-electron chi connectivity index (χ3n) is 6.04. The van der Waals surface area contributed by atoms with E-state index in [9.17, 15) is 22.8 Å². The fourth-order valence-corrected chi connectivity index (χ4v) is 4.48. The highest BCUT2D eigenvalue weighted by atomic mass is 19.4. The molecule has 37 heavy (non-hydrogen) atoms. The second-order valence-electron chi connectivity index (χ2n) is 8.28. The summed E-state index contributed by atoms with van der Waals surface area (Å²) >= 11 is 0. The zero-order valence-corrected chi connectivity index (χ0v) is 19.6. The molecule has 0 radical (unpaired) electrons. The van der Waals surface area contributed by atoms with Crippen molar-refractivity contribution in [1.82, 2.24) is 9.88 Å². The topological polar surface area (TPSA) is 78.8 Å². The first-order valence-electron chi connectivity index (χ1n) is 11.4. The Labute approximate surface area is 209 Å². The normalized spacial score (nSPS) is 12.6. The smallest absolute Gasteiger partial charge is 0.497 e. The quantitative estimate of drug-likeness (QED) is 0.399. The maximum absolute atomic E-state index is 13.7. The van der Waals surface area contributed by atoms with E-state index in [1.165, 1.54) is 29.9 Å². The minimum atomic E-state index is -4.89. The van der Waals surface area contributed by atoms with Gasteiger partial charge in [0, 0.05) is 23.1 Å². The summed E-state index contributed by atoms with van der Waals surface area (Å²) in [6.45, 7) is 0.213. The van der Waals surface area contributed by atoms with Crippen molar-refractivity contribution in [2.45, 2.75) is 19.5 Å². The number of carbonyl (C=O) groups excluding carboxylic acids is 1. The number of aromatic nitrogens is 1. The molecule has 2 heterocycles. The van der Waals surface area contributed by atoms with Gasteiger partial charge in [-0.05, 0) is 29.8 Å². The van der Waals surface area contributed by atoms with E-state index in [2.05, 4.69) is 10.1 Å². The molecule has 0 saturated carbocycles. The minimum absolute atomic E-state index is 0.106. The van der Waals surface area contributed by atoms with Crippen LogP contribution in [0.3, 0.4) is 0 Å². The number of carbonyl (C=O) groups is 1. The molecule has 0 spiro atoms. The predicted molar refractivity (Wildman–Crippen MR) is 130 cm³/mol. The molecule has 0 unspecified atom stereocenters. The molecule has 1 aliphatic rings. The van der Waals surface area contributed by atoms with Gasteiger partial charge in [0.25, 0.3) is 11.5 Å². The highest BCUT2D eigenvalue weighted by Gasteiger charge is 2.32. The van der Waals surface area contributed by atoms with E-state index in [1.807, 2.05) is 0 Å².